The molecule has 126 valence electrons. The van der Waals surface area contributed by atoms with Gasteiger partial charge in [-0.2, -0.15) is 0 Å². The number of nitrogens with one attached hydrogen (secondary N) is 1. The van der Waals surface area contributed by atoms with E-state index in [9.17, 15) is 0 Å². The van der Waals surface area contributed by atoms with Gasteiger partial charge in [0.05, 0.1) is 15.6 Å². The largest absolute Gasteiger partial charge is 0.436 e. The molecule has 2 aliphatic heterocycles. The van der Waals surface area contributed by atoms with Gasteiger partial charge in [-0.25, -0.2) is 4.68 Å². The minimum absolute atomic E-state index is 0.175. The van der Waals surface area contributed by atoms with Crippen LogP contribution in [0.4, 0.5) is 0 Å². The molecular weight excluding hydrogens is 369 g/mol. The Bertz CT molecular complexity index is 1320. The highest BCUT2D eigenvalue weighted by molar-refractivity contribution is 6.37. The standard InChI is InChI=1S/C20H11Cl2N3O/c21-15-6-3-7-16(22)18(15)25-19(23)14-10-13-12-5-2-1-4-11(12)8-9-17(13)26-20(14)24-25/h1-10,23H. The van der Waals surface area contributed by atoms with Crippen molar-refractivity contribution >= 4 is 44.9 Å². The van der Waals surface area contributed by atoms with Crippen molar-refractivity contribution in [2.24, 2.45) is 0 Å². The zero-order chi connectivity index (χ0) is 17.8. The fourth-order valence-electron chi connectivity index (χ4n) is 3.23. The third-order valence-electron chi connectivity index (χ3n) is 4.46. The van der Waals surface area contributed by atoms with Gasteiger partial charge in [-0.05, 0) is 35.0 Å². The van der Waals surface area contributed by atoms with E-state index in [0.717, 1.165) is 16.2 Å². The molecule has 0 atom stereocenters. The molecule has 2 heterocycles. The van der Waals surface area contributed by atoms with Gasteiger partial charge in [0.2, 0.25) is 5.89 Å². The second-order valence-electron chi connectivity index (χ2n) is 5.99. The van der Waals surface area contributed by atoms with E-state index < -0.39 is 0 Å². The van der Waals surface area contributed by atoms with Crippen LogP contribution in [-0.4, -0.2) is 9.78 Å². The predicted molar refractivity (Wildman–Crippen MR) is 103 cm³/mol. The minimum atomic E-state index is 0.175. The summed E-state index contributed by atoms with van der Waals surface area (Å²) in [5, 5.41) is 17.0. The van der Waals surface area contributed by atoms with Gasteiger partial charge in [-0.3, -0.25) is 5.41 Å². The molecule has 0 aliphatic carbocycles. The van der Waals surface area contributed by atoms with Crippen LogP contribution in [0.25, 0.3) is 38.9 Å². The third-order valence-corrected chi connectivity index (χ3v) is 5.07. The Hall–Kier alpha value is -2.82. The fourth-order valence-corrected chi connectivity index (χ4v) is 3.79. The van der Waals surface area contributed by atoms with Gasteiger partial charge in [0.25, 0.3) is 0 Å². The van der Waals surface area contributed by atoms with Crippen molar-refractivity contribution in [1.82, 2.24) is 9.78 Å². The highest BCUT2D eigenvalue weighted by Crippen LogP contribution is 2.32. The number of halogens is 2. The Kier molecular flexibility index (Phi) is 3.32. The first kappa shape index (κ1) is 15.4. The highest BCUT2D eigenvalue weighted by atomic mass is 35.5. The molecular formula is C20H11Cl2N3O. The number of para-hydroxylation sites is 1. The number of hydrogen-bond acceptors (Lipinski definition) is 3. The van der Waals surface area contributed by atoms with Crippen LogP contribution in [0.5, 0.6) is 0 Å². The van der Waals surface area contributed by atoms with Gasteiger partial charge in [0, 0.05) is 5.39 Å². The van der Waals surface area contributed by atoms with Gasteiger partial charge in [-0.15, -0.1) is 5.10 Å². The Morgan fingerprint density at radius 1 is 0.885 bits per heavy atom. The number of aromatic nitrogens is 2. The minimum Gasteiger partial charge on any atom is -0.436 e. The van der Waals surface area contributed by atoms with E-state index in [0.29, 0.717) is 32.8 Å². The van der Waals surface area contributed by atoms with Crippen LogP contribution in [0.2, 0.25) is 10.0 Å². The summed E-state index contributed by atoms with van der Waals surface area (Å²) in [6.07, 6.45) is 0. The summed E-state index contributed by atoms with van der Waals surface area (Å²) in [7, 11) is 0. The molecule has 0 unspecified atom stereocenters. The predicted octanol–water partition coefficient (Wildman–Crippen LogP) is 5.66. The summed E-state index contributed by atoms with van der Waals surface area (Å²) < 4.78 is 7.40. The van der Waals surface area contributed by atoms with E-state index in [2.05, 4.69) is 5.10 Å². The van der Waals surface area contributed by atoms with Gasteiger partial charge >= 0.3 is 0 Å². The molecule has 0 saturated heterocycles. The van der Waals surface area contributed by atoms with E-state index in [4.69, 9.17) is 33.0 Å². The average Bonchev–Trinajstić information content (AvgIpc) is 2.96. The number of nitrogens with zero attached hydrogens (tertiary/aromatic N) is 2. The highest BCUT2D eigenvalue weighted by Gasteiger charge is 2.20. The van der Waals surface area contributed by atoms with Crippen molar-refractivity contribution in [3.63, 3.8) is 0 Å². The van der Waals surface area contributed by atoms with Crippen molar-refractivity contribution in [3.8, 4) is 17.1 Å². The SMILES string of the molecule is N=c1c2cc3c(ccc4ccccc43)oc-2nn1-c1c(Cl)cccc1Cl. The van der Waals surface area contributed by atoms with Crippen molar-refractivity contribution in [2.75, 3.05) is 0 Å². The van der Waals surface area contributed by atoms with Crippen LogP contribution in [-0.2, 0) is 0 Å². The summed E-state index contributed by atoms with van der Waals surface area (Å²) in [5.74, 6) is 0.369. The normalized spacial score (nSPS) is 11.6. The molecule has 0 radical (unpaired) electrons. The lowest BCUT2D eigenvalue weighted by molar-refractivity contribution is 0.591. The topological polar surface area (TPSA) is 54.8 Å². The molecule has 4 nitrogen and oxygen atoms in total. The van der Waals surface area contributed by atoms with E-state index in [1.165, 1.54) is 4.68 Å². The maximum atomic E-state index is 8.56. The Balaban J connectivity index is 1.89. The molecule has 0 saturated carbocycles. The smallest absolute Gasteiger partial charge is 0.248 e. The molecule has 1 N–H and O–H groups in total. The summed E-state index contributed by atoms with van der Waals surface area (Å²) in [5.41, 5.74) is 1.96. The van der Waals surface area contributed by atoms with Gasteiger partial charge in [0.15, 0.2) is 5.49 Å². The van der Waals surface area contributed by atoms with Crippen molar-refractivity contribution < 1.29 is 4.42 Å². The molecule has 6 heteroatoms. The van der Waals surface area contributed by atoms with E-state index in [-0.39, 0.29) is 5.49 Å². The molecule has 3 aromatic rings. The second-order valence-corrected chi connectivity index (χ2v) is 6.81. The summed E-state index contributed by atoms with van der Waals surface area (Å²) in [4.78, 5) is 0. The summed E-state index contributed by atoms with van der Waals surface area (Å²) in [6, 6.07) is 19.1. The van der Waals surface area contributed by atoms with Crippen LogP contribution < -0.4 is 5.49 Å². The molecule has 0 bridgehead atoms. The molecule has 26 heavy (non-hydrogen) atoms. The zero-order valence-corrected chi connectivity index (χ0v) is 14.8. The monoisotopic (exact) mass is 379 g/mol. The third kappa shape index (κ3) is 2.16. The van der Waals surface area contributed by atoms with Crippen molar-refractivity contribution in [2.45, 2.75) is 0 Å². The number of hydrogen-bond donors (Lipinski definition) is 1. The molecule has 0 fully saturated rings. The number of benzene rings is 3. The maximum absolute atomic E-state index is 8.56. The molecule has 2 aliphatic rings. The molecule has 0 aromatic heterocycles. The van der Waals surface area contributed by atoms with E-state index in [1.807, 2.05) is 42.5 Å². The van der Waals surface area contributed by atoms with E-state index in [1.54, 1.807) is 18.2 Å². The van der Waals surface area contributed by atoms with Gasteiger partial charge < -0.3 is 4.42 Å². The van der Waals surface area contributed by atoms with Gasteiger partial charge in [-0.1, -0.05) is 59.6 Å². The van der Waals surface area contributed by atoms with E-state index >= 15 is 0 Å². The summed E-state index contributed by atoms with van der Waals surface area (Å²) in [6.45, 7) is 0. The van der Waals surface area contributed by atoms with Gasteiger partial charge in [0.1, 0.15) is 11.3 Å². The quantitative estimate of drug-likeness (QED) is 0.382. The number of rotatable bonds is 1. The van der Waals surface area contributed by atoms with Crippen LogP contribution >= 0.6 is 23.2 Å². The van der Waals surface area contributed by atoms with Crippen LogP contribution in [0.3, 0.4) is 0 Å². The zero-order valence-electron chi connectivity index (χ0n) is 13.3. The second kappa shape index (κ2) is 5.59. The van der Waals surface area contributed by atoms with Crippen molar-refractivity contribution in [3.05, 3.63) is 76.2 Å². The molecule has 0 amide bonds. The Morgan fingerprint density at radius 3 is 2.46 bits per heavy atom. The first-order chi connectivity index (χ1) is 12.6. The number of fused-ring (bicyclic) bond motifs is 4. The average molecular weight is 380 g/mol. The lowest BCUT2D eigenvalue weighted by Crippen LogP contribution is -2.15. The fraction of sp³-hybridized carbons (Fsp3) is 0. The summed E-state index contributed by atoms with van der Waals surface area (Å²) >= 11 is 12.6. The Morgan fingerprint density at radius 2 is 1.65 bits per heavy atom. The first-order valence-corrected chi connectivity index (χ1v) is 8.72. The lowest BCUT2D eigenvalue weighted by Gasteiger charge is -2.05. The Labute approximate surface area is 158 Å². The van der Waals surface area contributed by atoms with Crippen LogP contribution in [0.15, 0.2) is 65.1 Å². The lowest BCUT2D eigenvalue weighted by atomic mass is 10.0. The van der Waals surface area contributed by atoms with Crippen molar-refractivity contribution in [1.29, 1.82) is 5.41 Å². The maximum Gasteiger partial charge on any atom is 0.248 e. The van der Waals surface area contributed by atoms with Crippen LogP contribution in [0.1, 0.15) is 0 Å². The molecule has 3 aromatic carbocycles. The molecule has 0 spiro atoms. The molecule has 5 rings (SSSR count). The first-order valence-electron chi connectivity index (χ1n) is 7.97. The van der Waals surface area contributed by atoms with Crippen LogP contribution in [0, 0.1) is 5.41 Å².